The third-order valence-corrected chi connectivity index (χ3v) is 16.4. The number of hydrogen-bond donors (Lipinski definition) is 0. The summed E-state index contributed by atoms with van der Waals surface area (Å²) < 4.78 is 5.08. The number of rotatable bonds is 6. The van der Waals surface area contributed by atoms with Crippen LogP contribution >= 0.6 is 11.3 Å². The summed E-state index contributed by atoms with van der Waals surface area (Å²) in [6.45, 7) is 0. The lowest BCUT2D eigenvalue weighted by molar-refractivity contribution is 0.792. The number of para-hydroxylation sites is 1. The van der Waals surface area contributed by atoms with Crippen molar-refractivity contribution in [1.29, 1.82) is 0 Å². The summed E-state index contributed by atoms with van der Waals surface area (Å²) in [5.41, 5.74) is 22.0. The predicted octanol–water partition coefficient (Wildman–Crippen LogP) is 18.3. The van der Waals surface area contributed by atoms with Crippen LogP contribution in [0.1, 0.15) is 22.3 Å². The van der Waals surface area contributed by atoms with Crippen LogP contribution in [0, 0.1) is 0 Å². The third kappa shape index (κ3) is 5.61. The van der Waals surface area contributed by atoms with E-state index in [1.165, 1.54) is 114 Å². The average Bonchev–Trinajstić information content (AvgIpc) is 4.15. The second-order valence-corrected chi connectivity index (χ2v) is 19.9. The fourth-order valence-corrected chi connectivity index (χ4v) is 13.3. The van der Waals surface area contributed by atoms with Crippen molar-refractivity contribution in [1.82, 2.24) is 4.57 Å². The van der Waals surface area contributed by atoms with Gasteiger partial charge in [-0.25, -0.2) is 0 Å². The molecule has 0 unspecified atom stereocenters. The summed E-state index contributed by atoms with van der Waals surface area (Å²) in [6, 6.07) is 94.7. The number of nitrogens with zero attached hydrogens (tertiary/aromatic N) is 2. The van der Waals surface area contributed by atoms with Crippen molar-refractivity contribution in [2.24, 2.45) is 0 Å². The van der Waals surface area contributed by atoms with E-state index in [-0.39, 0.29) is 0 Å². The molecule has 0 aliphatic heterocycles. The molecule has 0 atom stereocenters. The molecule has 326 valence electrons. The molecule has 1 spiro atoms. The molecule has 2 aliphatic rings. The summed E-state index contributed by atoms with van der Waals surface area (Å²) in [5.74, 6) is 0. The fourth-order valence-electron chi connectivity index (χ4n) is 12.2. The summed E-state index contributed by atoms with van der Waals surface area (Å²) in [5, 5.41) is 5.09. The number of aromatic nitrogens is 1. The number of benzene rings is 11. The van der Waals surface area contributed by atoms with Gasteiger partial charge in [0, 0.05) is 53.7 Å². The first-order valence-corrected chi connectivity index (χ1v) is 25.0. The Hall–Kier alpha value is -8.76. The highest BCUT2D eigenvalue weighted by molar-refractivity contribution is 7.25. The summed E-state index contributed by atoms with van der Waals surface area (Å²) in [4.78, 5) is 2.39. The van der Waals surface area contributed by atoms with Gasteiger partial charge in [0.05, 0.1) is 16.4 Å². The van der Waals surface area contributed by atoms with Crippen molar-refractivity contribution in [3.8, 4) is 50.2 Å². The molecule has 0 saturated carbocycles. The van der Waals surface area contributed by atoms with Gasteiger partial charge in [0.1, 0.15) is 0 Å². The molecule has 0 radical (unpaired) electrons. The monoisotopic (exact) mass is 906 g/mol. The summed E-state index contributed by atoms with van der Waals surface area (Å²) in [6.07, 6.45) is 0. The van der Waals surface area contributed by atoms with Gasteiger partial charge in [-0.2, -0.15) is 0 Å². The normalized spacial score (nSPS) is 13.0. The lowest BCUT2D eigenvalue weighted by atomic mass is 9.70. The number of hydrogen-bond acceptors (Lipinski definition) is 2. The van der Waals surface area contributed by atoms with E-state index in [0.717, 1.165) is 17.1 Å². The minimum absolute atomic E-state index is 0.403. The van der Waals surface area contributed by atoms with Crippen LogP contribution in [-0.4, -0.2) is 4.57 Å². The molecule has 2 heterocycles. The molecule has 2 nitrogen and oxygen atoms in total. The van der Waals surface area contributed by atoms with Crippen molar-refractivity contribution in [2.45, 2.75) is 5.41 Å². The minimum Gasteiger partial charge on any atom is -0.310 e. The van der Waals surface area contributed by atoms with Crippen LogP contribution in [0.15, 0.2) is 255 Å². The van der Waals surface area contributed by atoms with E-state index in [1.54, 1.807) is 0 Å². The highest BCUT2D eigenvalue weighted by atomic mass is 32.1. The molecular formula is C67H42N2S. The van der Waals surface area contributed by atoms with Gasteiger partial charge >= 0.3 is 0 Å². The van der Waals surface area contributed by atoms with E-state index in [9.17, 15) is 0 Å². The molecule has 2 aromatic heterocycles. The highest BCUT2D eigenvalue weighted by Crippen LogP contribution is 2.63. The zero-order valence-corrected chi connectivity index (χ0v) is 38.9. The van der Waals surface area contributed by atoms with Crippen molar-refractivity contribution in [2.75, 3.05) is 4.90 Å². The molecular weight excluding hydrogens is 865 g/mol. The van der Waals surface area contributed by atoms with Gasteiger partial charge in [-0.1, -0.05) is 182 Å². The van der Waals surface area contributed by atoms with Crippen LogP contribution < -0.4 is 4.90 Å². The highest BCUT2D eigenvalue weighted by Gasteiger charge is 2.51. The van der Waals surface area contributed by atoms with Gasteiger partial charge in [-0.3, -0.25) is 0 Å². The topological polar surface area (TPSA) is 8.17 Å². The van der Waals surface area contributed by atoms with Gasteiger partial charge in [-0.05, 0) is 140 Å². The molecule has 0 N–H and O–H groups in total. The Morgan fingerprint density at radius 2 is 0.800 bits per heavy atom. The Balaban J connectivity index is 0.842. The van der Waals surface area contributed by atoms with E-state index >= 15 is 0 Å². The molecule has 70 heavy (non-hydrogen) atoms. The van der Waals surface area contributed by atoms with Crippen LogP contribution in [0.5, 0.6) is 0 Å². The Bertz CT molecular complexity index is 4170. The Morgan fingerprint density at radius 3 is 1.49 bits per heavy atom. The van der Waals surface area contributed by atoms with Gasteiger partial charge in [0.15, 0.2) is 0 Å². The molecule has 13 aromatic rings. The van der Waals surface area contributed by atoms with Crippen LogP contribution in [0.2, 0.25) is 0 Å². The van der Waals surface area contributed by atoms with Gasteiger partial charge < -0.3 is 9.47 Å². The van der Waals surface area contributed by atoms with Gasteiger partial charge in [0.25, 0.3) is 0 Å². The maximum atomic E-state index is 2.49. The molecule has 11 aromatic carbocycles. The summed E-state index contributed by atoms with van der Waals surface area (Å²) >= 11 is 1.86. The van der Waals surface area contributed by atoms with E-state index in [1.807, 2.05) is 11.3 Å². The Morgan fingerprint density at radius 1 is 0.300 bits per heavy atom. The quantitative estimate of drug-likeness (QED) is 0.161. The third-order valence-electron chi connectivity index (χ3n) is 15.2. The SMILES string of the molecule is c1ccc(-c2ccc(N(c3ccc(-c4ccc5c(c4)c4ccccc4n5-c4ccc5c(c4)C4(c6ccccc6-c6ccccc64)c4ccccc4-5)cc3)c3ccc4c(c3)sc3ccccc34)cc2)cc1. The lowest BCUT2D eigenvalue weighted by Crippen LogP contribution is -2.26. The maximum Gasteiger partial charge on any atom is 0.0726 e. The Kier molecular flexibility index (Phi) is 8.48. The van der Waals surface area contributed by atoms with Crippen LogP contribution in [0.25, 0.3) is 92.2 Å². The average molecular weight is 907 g/mol. The smallest absolute Gasteiger partial charge is 0.0726 e. The van der Waals surface area contributed by atoms with E-state index in [2.05, 4.69) is 264 Å². The van der Waals surface area contributed by atoms with Crippen molar-refractivity contribution in [3.63, 3.8) is 0 Å². The molecule has 3 heteroatoms. The number of thiophene rings is 1. The second kappa shape index (κ2) is 15.1. The standard InChI is InChI=1S/C67H42N2S/c1-2-14-43(15-3-1)44-26-31-47(32-27-44)68(50-36-38-57-56-20-8-13-25-65(56)70-66(57)42-50)48-33-28-45(29-34-48)46-30-39-64-58(40-46)55-19-7-12-24-63(55)69(64)49-35-37-54-53-18-6-11-23-61(53)67(62(54)41-49)59-21-9-4-16-51(59)52-17-5-10-22-60(52)67/h1-42H. The predicted molar refractivity (Wildman–Crippen MR) is 296 cm³/mol. The van der Waals surface area contributed by atoms with E-state index < -0.39 is 5.41 Å². The molecule has 15 rings (SSSR count). The van der Waals surface area contributed by atoms with E-state index in [0.29, 0.717) is 0 Å². The molecule has 0 fully saturated rings. The molecule has 0 amide bonds. The van der Waals surface area contributed by atoms with Crippen LogP contribution in [-0.2, 0) is 5.41 Å². The zero-order valence-electron chi connectivity index (χ0n) is 38.1. The second-order valence-electron chi connectivity index (χ2n) is 18.8. The van der Waals surface area contributed by atoms with Crippen LogP contribution in [0.3, 0.4) is 0 Å². The lowest BCUT2D eigenvalue weighted by Gasteiger charge is -2.30. The summed E-state index contributed by atoms with van der Waals surface area (Å²) in [7, 11) is 0. The van der Waals surface area contributed by atoms with Crippen LogP contribution in [0.4, 0.5) is 17.1 Å². The van der Waals surface area contributed by atoms with Crippen molar-refractivity contribution < 1.29 is 0 Å². The minimum atomic E-state index is -0.403. The molecule has 0 bridgehead atoms. The first kappa shape index (κ1) is 39.3. The number of fused-ring (bicyclic) bond motifs is 16. The maximum absolute atomic E-state index is 2.49. The van der Waals surface area contributed by atoms with Gasteiger partial charge in [-0.15, -0.1) is 11.3 Å². The van der Waals surface area contributed by atoms with Crippen molar-refractivity contribution >= 4 is 70.4 Å². The zero-order chi connectivity index (χ0) is 45.9. The molecule has 2 aliphatic carbocycles. The largest absolute Gasteiger partial charge is 0.310 e. The molecule has 0 saturated heterocycles. The van der Waals surface area contributed by atoms with Crippen molar-refractivity contribution in [3.05, 3.63) is 277 Å². The first-order chi connectivity index (χ1) is 34.7. The first-order valence-electron chi connectivity index (χ1n) is 24.2. The number of anilines is 3. The fraction of sp³-hybridized carbons (Fsp3) is 0.0149. The van der Waals surface area contributed by atoms with Gasteiger partial charge in [0.2, 0.25) is 0 Å². The van der Waals surface area contributed by atoms with E-state index in [4.69, 9.17) is 0 Å². The Labute approximate surface area is 410 Å².